The van der Waals surface area contributed by atoms with E-state index in [1.165, 1.54) is 0 Å². The van der Waals surface area contributed by atoms with E-state index >= 15 is 0 Å². The fourth-order valence-corrected chi connectivity index (χ4v) is 2.91. The highest BCUT2D eigenvalue weighted by Crippen LogP contribution is 2.21. The van der Waals surface area contributed by atoms with Crippen LogP contribution in [0.1, 0.15) is 34.6 Å². The maximum Gasteiger partial charge on any atom is 0.259 e. The van der Waals surface area contributed by atoms with Gasteiger partial charge in [0, 0.05) is 24.3 Å². The summed E-state index contributed by atoms with van der Waals surface area (Å²) in [6.07, 6.45) is 0. The summed E-state index contributed by atoms with van der Waals surface area (Å²) in [6.45, 7) is 6.91. The Morgan fingerprint density at radius 3 is 2.61 bits per heavy atom. The second kappa shape index (κ2) is 9.37. The molecule has 1 N–H and O–H groups in total. The van der Waals surface area contributed by atoms with Crippen molar-refractivity contribution in [2.45, 2.75) is 13.8 Å². The van der Waals surface area contributed by atoms with Crippen molar-refractivity contribution in [3.05, 3.63) is 59.7 Å². The summed E-state index contributed by atoms with van der Waals surface area (Å²) in [7, 11) is 0. The Labute approximate surface area is 165 Å². The Hall–Kier alpha value is -2.86. The van der Waals surface area contributed by atoms with Gasteiger partial charge in [0.15, 0.2) is 0 Å². The molecule has 2 aromatic carbocycles. The monoisotopic (exact) mass is 382 g/mol. The summed E-state index contributed by atoms with van der Waals surface area (Å²) in [5, 5.41) is 2.87. The number of nitrogens with zero attached hydrogens (tertiary/aromatic N) is 1. The van der Waals surface area contributed by atoms with Crippen molar-refractivity contribution in [1.29, 1.82) is 0 Å². The molecule has 6 nitrogen and oxygen atoms in total. The first-order valence-corrected chi connectivity index (χ1v) is 9.55. The largest absolute Gasteiger partial charge is 0.492 e. The fraction of sp³-hybridized carbons (Fsp3) is 0.364. The molecule has 0 radical (unpaired) electrons. The minimum atomic E-state index is -0.268. The van der Waals surface area contributed by atoms with Crippen LogP contribution in [-0.2, 0) is 4.74 Å². The van der Waals surface area contributed by atoms with Crippen molar-refractivity contribution in [1.82, 2.24) is 4.90 Å². The SMILES string of the molecule is CC(C)COc1ccccc1C(=O)Nc1cccc(C(=O)N2CCOCC2)c1. The second-order valence-corrected chi connectivity index (χ2v) is 7.14. The average Bonchev–Trinajstić information content (AvgIpc) is 2.72. The van der Waals surface area contributed by atoms with E-state index in [2.05, 4.69) is 19.2 Å². The molecule has 2 amide bonds. The molecule has 1 fully saturated rings. The molecule has 1 aliphatic heterocycles. The van der Waals surface area contributed by atoms with Gasteiger partial charge in [0.1, 0.15) is 5.75 Å². The first kappa shape index (κ1) is 19.9. The molecule has 0 aromatic heterocycles. The highest BCUT2D eigenvalue weighted by atomic mass is 16.5. The third-order valence-corrected chi connectivity index (χ3v) is 4.37. The molecule has 0 spiro atoms. The first-order valence-electron chi connectivity index (χ1n) is 9.55. The Balaban J connectivity index is 1.72. The molecular weight excluding hydrogens is 356 g/mol. The number of rotatable bonds is 6. The smallest absolute Gasteiger partial charge is 0.259 e. The van der Waals surface area contributed by atoms with Crippen molar-refractivity contribution in [3.8, 4) is 5.75 Å². The van der Waals surface area contributed by atoms with Crippen LogP contribution < -0.4 is 10.1 Å². The van der Waals surface area contributed by atoms with Gasteiger partial charge in [-0.25, -0.2) is 0 Å². The van der Waals surface area contributed by atoms with Crippen LogP contribution in [0.4, 0.5) is 5.69 Å². The molecule has 28 heavy (non-hydrogen) atoms. The lowest BCUT2D eigenvalue weighted by Crippen LogP contribution is -2.40. The van der Waals surface area contributed by atoms with Gasteiger partial charge in [0.25, 0.3) is 11.8 Å². The molecule has 0 bridgehead atoms. The van der Waals surface area contributed by atoms with Crippen molar-refractivity contribution < 1.29 is 19.1 Å². The predicted molar refractivity (Wildman–Crippen MR) is 108 cm³/mol. The van der Waals surface area contributed by atoms with Crippen LogP contribution in [0.3, 0.4) is 0 Å². The molecule has 1 aliphatic rings. The van der Waals surface area contributed by atoms with Gasteiger partial charge in [-0.15, -0.1) is 0 Å². The molecule has 0 atom stereocenters. The van der Waals surface area contributed by atoms with Crippen molar-refractivity contribution in [2.75, 3.05) is 38.2 Å². The Kier molecular flexibility index (Phi) is 6.66. The third kappa shape index (κ3) is 5.10. The first-order chi connectivity index (χ1) is 13.5. The number of nitrogens with one attached hydrogen (secondary N) is 1. The van der Waals surface area contributed by atoms with Crippen LogP contribution >= 0.6 is 0 Å². The summed E-state index contributed by atoms with van der Waals surface area (Å²) in [5.41, 5.74) is 1.58. The lowest BCUT2D eigenvalue weighted by atomic mass is 10.1. The third-order valence-electron chi connectivity index (χ3n) is 4.37. The fourth-order valence-electron chi connectivity index (χ4n) is 2.91. The number of anilines is 1. The van der Waals surface area contributed by atoms with E-state index in [0.29, 0.717) is 61.4 Å². The number of morpholine rings is 1. The minimum Gasteiger partial charge on any atom is -0.492 e. The maximum absolute atomic E-state index is 12.8. The highest BCUT2D eigenvalue weighted by Gasteiger charge is 2.19. The number of amides is 2. The Morgan fingerprint density at radius 1 is 1.11 bits per heavy atom. The summed E-state index contributed by atoms with van der Waals surface area (Å²) < 4.78 is 11.1. The summed E-state index contributed by atoms with van der Waals surface area (Å²) in [6, 6.07) is 14.2. The molecule has 1 saturated heterocycles. The second-order valence-electron chi connectivity index (χ2n) is 7.14. The Morgan fingerprint density at radius 2 is 1.86 bits per heavy atom. The van der Waals surface area contributed by atoms with Crippen LogP contribution in [0, 0.1) is 5.92 Å². The Bertz CT molecular complexity index is 829. The molecule has 0 saturated carbocycles. The van der Waals surface area contributed by atoms with Gasteiger partial charge >= 0.3 is 0 Å². The van der Waals surface area contributed by atoms with E-state index in [1.807, 2.05) is 6.07 Å². The summed E-state index contributed by atoms with van der Waals surface area (Å²) in [5.74, 6) is 0.587. The number of hydrogen-bond donors (Lipinski definition) is 1. The van der Waals surface area contributed by atoms with Crippen LogP contribution in [0.25, 0.3) is 0 Å². The van der Waals surface area contributed by atoms with Gasteiger partial charge in [-0.05, 0) is 36.2 Å². The van der Waals surface area contributed by atoms with Crippen LogP contribution in [-0.4, -0.2) is 49.6 Å². The quantitative estimate of drug-likeness (QED) is 0.831. The average molecular weight is 382 g/mol. The van der Waals surface area contributed by atoms with Crippen molar-refractivity contribution >= 4 is 17.5 Å². The number of hydrogen-bond acceptors (Lipinski definition) is 4. The van der Waals surface area contributed by atoms with Gasteiger partial charge in [0.2, 0.25) is 0 Å². The zero-order valence-corrected chi connectivity index (χ0v) is 16.3. The minimum absolute atomic E-state index is 0.0555. The molecule has 1 heterocycles. The molecule has 3 rings (SSSR count). The van der Waals surface area contributed by atoms with E-state index in [4.69, 9.17) is 9.47 Å². The van der Waals surface area contributed by atoms with Gasteiger partial charge < -0.3 is 19.7 Å². The molecule has 0 aliphatic carbocycles. The number of carbonyl (C=O) groups excluding carboxylic acids is 2. The predicted octanol–water partition coefficient (Wildman–Crippen LogP) is 3.45. The van der Waals surface area contributed by atoms with Gasteiger partial charge in [-0.3, -0.25) is 9.59 Å². The van der Waals surface area contributed by atoms with E-state index in [0.717, 1.165) is 0 Å². The van der Waals surface area contributed by atoms with Crippen molar-refractivity contribution in [2.24, 2.45) is 5.92 Å². The van der Waals surface area contributed by atoms with Crippen LogP contribution in [0.5, 0.6) is 5.75 Å². The molecule has 2 aromatic rings. The molecule has 6 heteroatoms. The standard InChI is InChI=1S/C22H26N2O4/c1-16(2)15-28-20-9-4-3-8-19(20)21(25)23-18-7-5-6-17(14-18)22(26)24-10-12-27-13-11-24/h3-9,14,16H,10-13,15H2,1-2H3,(H,23,25). The van der Waals surface area contributed by atoms with Crippen LogP contribution in [0.15, 0.2) is 48.5 Å². The lowest BCUT2D eigenvalue weighted by molar-refractivity contribution is 0.0303. The van der Waals surface area contributed by atoms with E-state index in [9.17, 15) is 9.59 Å². The van der Waals surface area contributed by atoms with E-state index in [1.54, 1.807) is 47.4 Å². The highest BCUT2D eigenvalue weighted by molar-refractivity contribution is 6.06. The molecular formula is C22H26N2O4. The number of para-hydroxylation sites is 1. The maximum atomic E-state index is 12.8. The summed E-state index contributed by atoms with van der Waals surface area (Å²) in [4.78, 5) is 27.2. The van der Waals surface area contributed by atoms with E-state index < -0.39 is 0 Å². The lowest BCUT2D eigenvalue weighted by Gasteiger charge is -2.27. The number of carbonyl (C=O) groups is 2. The van der Waals surface area contributed by atoms with Crippen LogP contribution in [0.2, 0.25) is 0 Å². The van der Waals surface area contributed by atoms with Crippen molar-refractivity contribution in [3.63, 3.8) is 0 Å². The number of ether oxygens (including phenoxy) is 2. The zero-order valence-electron chi connectivity index (χ0n) is 16.3. The molecule has 0 unspecified atom stereocenters. The zero-order chi connectivity index (χ0) is 19.9. The van der Waals surface area contributed by atoms with Gasteiger partial charge in [-0.2, -0.15) is 0 Å². The normalized spacial score (nSPS) is 14.0. The summed E-state index contributed by atoms with van der Waals surface area (Å²) >= 11 is 0. The van der Waals surface area contributed by atoms with Gasteiger partial charge in [0.05, 0.1) is 25.4 Å². The molecule has 148 valence electrons. The topological polar surface area (TPSA) is 67.9 Å². The van der Waals surface area contributed by atoms with Gasteiger partial charge in [-0.1, -0.05) is 32.0 Å². The number of benzene rings is 2. The van der Waals surface area contributed by atoms with E-state index in [-0.39, 0.29) is 11.8 Å².